The summed E-state index contributed by atoms with van der Waals surface area (Å²) in [6.07, 6.45) is 5.61. The second-order valence-corrected chi connectivity index (χ2v) is 6.41. The largest absolute Gasteiger partial charge is 0.462 e. The van der Waals surface area contributed by atoms with Crippen molar-refractivity contribution in [3.63, 3.8) is 0 Å². The Labute approximate surface area is 142 Å². The zero-order valence-electron chi connectivity index (χ0n) is 13.7. The summed E-state index contributed by atoms with van der Waals surface area (Å²) < 4.78 is 5.14. The van der Waals surface area contributed by atoms with Crippen LogP contribution in [0, 0.1) is 5.92 Å². The number of benzene rings is 2. The minimum absolute atomic E-state index is 0.246. The highest BCUT2D eigenvalue weighted by atomic mass is 16.5. The molecule has 3 atom stereocenters. The number of anilines is 1. The average molecular weight is 319 g/mol. The third-order valence-electron chi connectivity index (χ3n) is 5.03. The molecule has 2 aromatic carbocycles. The molecule has 0 aromatic heterocycles. The minimum atomic E-state index is -0.246. The van der Waals surface area contributed by atoms with E-state index in [2.05, 4.69) is 47.8 Å². The number of allylic oxidation sites excluding steroid dienone is 2. The molecule has 1 heterocycles. The van der Waals surface area contributed by atoms with Gasteiger partial charge in [-0.3, -0.25) is 0 Å². The third kappa shape index (κ3) is 2.50. The van der Waals surface area contributed by atoms with Crippen LogP contribution in [0.15, 0.2) is 60.7 Å². The second kappa shape index (κ2) is 6.16. The zero-order chi connectivity index (χ0) is 16.5. The lowest BCUT2D eigenvalue weighted by Crippen LogP contribution is -2.29. The summed E-state index contributed by atoms with van der Waals surface area (Å²) >= 11 is 0. The first-order valence-corrected chi connectivity index (χ1v) is 8.57. The Balaban J connectivity index is 1.72. The number of hydrogen-bond donors (Lipinski definition) is 1. The number of rotatable bonds is 3. The third-order valence-corrected chi connectivity index (χ3v) is 5.03. The predicted octanol–water partition coefficient (Wildman–Crippen LogP) is 4.69. The van der Waals surface area contributed by atoms with Gasteiger partial charge >= 0.3 is 5.97 Å². The second-order valence-electron chi connectivity index (χ2n) is 6.41. The van der Waals surface area contributed by atoms with E-state index in [0.717, 1.165) is 12.1 Å². The van der Waals surface area contributed by atoms with Crippen molar-refractivity contribution in [2.45, 2.75) is 25.3 Å². The van der Waals surface area contributed by atoms with Gasteiger partial charge in [0, 0.05) is 11.6 Å². The molecule has 0 spiro atoms. The van der Waals surface area contributed by atoms with E-state index in [9.17, 15) is 4.79 Å². The van der Waals surface area contributed by atoms with Gasteiger partial charge in [-0.25, -0.2) is 4.79 Å². The highest BCUT2D eigenvalue weighted by Crippen LogP contribution is 2.49. The van der Waals surface area contributed by atoms with Crippen LogP contribution in [0.3, 0.4) is 0 Å². The highest BCUT2D eigenvalue weighted by Gasteiger charge is 2.38. The molecule has 2 aromatic rings. The monoisotopic (exact) mass is 319 g/mol. The van der Waals surface area contributed by atoms with Gasteiger partial charge in [0.05, 0.1) is 18.2 Å². The van der Waals surface area contributed by atoms with Crippen LogP contribution in [-0.4, -0.2) is 12.6 Å². The van der Waals surface area contributed by atoms with Crippen molar-refractivity contribution in [1.82, 2.24) is 0 Å². The number of nitrogens with one attached hydrogen (secondary N) is 1. The first-order valence-electron chi connectivity index (χ1n) is 8.57. The van der Waals surface area contributed by atoms with Gasteiger partial charge in [-0.2, -0.15) is 0 Å². The van der Waals surface area contributed by atoms with Crippen LogP contribution in [0.5, 0.6) is 0 Å². The van der Waals surface area contributed by atoms with Crippen LogP contribution in [0.25, 0.3) is 0 Å². The van der Waals surface area contributed by atoms with Crippen molar-refractivity contribution >= 4 is 11.7 Å². The Bertz CT molecular complexity index is 782. The summed E-state index contributed by atoms with van der Waals surface area (Å²) in [6.45, 7) is 2.23. The van der Waals surface area contributed by atoms with Crippen molar-refractivity contribution in [2.75, 3.05) is 11.9 Å². The SMILES string of the molecule is CCOC(=O)c1ccc2c(c1)[C@H]1C=CC[C@@H]1[C@H](c1ccccc1)N2. The molecule has 4 rings (SSSR count). The molecule has 0 unspecified atom stereocenters. The van der Waals surface area contributed by atoms with Crippen molar-refractivity contribution in [3.05, 3.63) is 77.4 Å². The number of ether oxygens (including phenoxy) is 1. The fourth-order valence-corrected chi connectivity index (χ4v) is 3.93. The number of fused-ring (bicyclic) bond motifs is 3. The maximum atomic E-state index is 12.0. The molecule has 0 bridgehead atoms. The number of carbonyl (C=O) groups excluding carboxylic acids is 1. The fraction of sp³-hybridized carbons (Fsp3) is 0.286. The standard InChI is InChI=1S/C21H21NO2/c1-2-24-21(23)15-11-12-19-18(13-15)16-9-6-10-17(16)20(22-19)14-7-4-3-5-8-14/h3-9,11-13,16-17,20,22H,2,10H2,1H3/t16-,17-,20-/m0/s1. The maximum absolute atomic E-state index is 12.0. The Hall–Kier alpha value is -2.55. The van der Waals surface area contributed by atoms with E-state index in [1.54, 1.807) is 0 Å². The van der Waals surface area contributed by atoms with Crippen molar-refractivity contribution in [2.24, 2.45) is 5.92 Å². The summed E-state index contributed by atoms with van der Waals surface area (Å²) in [5, 5.41) is 3.69. The summed E-state index contributed by atoms with van der Waals surface area (Å²) in [7, 11) is 0. The van der Waals surface area contributed by atoms with E-state index in [1.165, 1.54) is 11.1 Å². The van der Waals surface area contributed by atoms with Gasteiger partial charge in [0.1, 0.15) is 0 Å². The molecule has 24 heavy (non-hydrogen) atoms. The Morgan fingerprint density at radius 1 is 1.21 bits per heavy atom. The minimum Gasteiger partial charge on any atom is -0.462 e. The molecule has 0 amide bonds. The molecule has 0 saturated carbocycles. The van der Waals surface area contributed by atoms with E-state index in [1.807, 2.05) is 25.1 Å². The first-order chi connectivity index (χ1) is 11.8. The lowest BCUT2D eigenvalue weighted by atomic mass is 9.76. The highest BCUT2D eigenvalue weighted by molar-refractivity contribution is 5.90. The molecule has 122 valence electrons. The topological polar surface area (TPSA) is 38.3 Å². The number of hydrogen-bond acceptors (Lipinski definition) is 3. The Morgan fingerprint density at radius 2 is 2.04 bits per heavy atom. The molecule has 1 aliphatic heterocycles. The van der Waals surface area contributed by atoms with Crippen LogP contribution < -0.4 is 5.32 Å². The normalized spacial score (nSPS) is 24.0. The molecule has 1 aliphatic carbocycles. The van der Waals surface area contributed by atoms with Crippen molar-refractivity contribution in [3.8, 4) is 0 Å². The molecule has 0 radical (unpaired) electrons. The molecule has 3 nitrogen and oxygen atoms in total. The Kier molecular flexibility index (Phi) is 3.85. The van der Waals surface area contributed by atoms with E-state index in [4.69, 9.17) is 4.74 Å². The zero-order valence-corrected chi connectivity index (χ0v) is 13.7. The maximum Gasteiger partial charge on any atom is 0.338 e. The summed E-state index contributed by atoms with van der Waals surface area (Å²) in [5.74, 6) is 0.585. The van der Waals surface area contributed by atoms with E-state index >= 15 is 0 Å². The van der Waals surface area contributed by atoms with Crippen LogP contribution in [0.4, 0.5) is 5.69 Å². The van der Waals surface area contributed by atoms with Gasteiger partial charge in [-0.05, 0) is 48.6 Å². The van der Waals surface area contributed by atoms with Gasteiger partial charge < -0.3 is 10.1 Å². The quantitative estimate of drug-likeness (QED) is 0.659. The molecule has 0 fully saturated rings. The smallest absolute Gasteiger partial charge is 0.338 e. The van der Waals surface area contributed by atoms with Crippen LogP contribution in [0.2, 0.25) is 0 Å². The summed E-state index contributed by atoms with van der Waals surface area (Å²) in [4.78, 5) is 12.0. The van der Waals surface area contributed by atoms with Crippen LogP contribution in [-0.2, 0) is 4.74 Å². The van der Waals surface area contributed by atoms with Gasteiger partial charge in [0.25, 0.3) is 0 Å². The predicted molar refractivity (Wildman–Crippen MR) is 95.2 cm³/mol. The average Bonchev–Trinajstić information content (AvgIpc) is 3.11. The van der Waals surface area contributed by atoms with Gasteiger partial charge in [-0.1, -0.05) is 42.5 Å². The Morgan fingerprint density at radius 3 is 2.83 bits per heavy atom. The molecule has 2 aliphatic rings. The van der Waals surface area contributed by atoms with Crippen LogP contribution in [0.1, 0.15) is 46.8 Å². The fourth-order valence-electron chi connectivity index (χ4n) is 3.93. The number of esters is 1. The van der Waals surface area contributed by atoms with E-state index in [0.29, 0.717) is 30.0 Å². The van der Waals surface area contributed by atoms with Crippen LogP contribution >= 0.6 is 0 Å². The van der Waals surface area contributed by atoms with Crippen molar-refractivity contribution < 1.29 is 9.53 Å². The van der Waals surface area contributed by atoms with E-state index < -0.39 is 0 Å². The van der Waals surface area contributed by atoms with Gasteiger partial charge in [0.15, 0.2) is 0 Å². The lowest BCUT2D eigenvalue weighted by molar-refractivity contribution is 0.0526. The molecule has 1 N–H and O–H groups in total. The van der Waals surface area contributed by atoms with E-state index in [-0.39, 0.29) is 5.97 Å². The van der Waals surface area contributed by atoms with Gasteiger partial charge in [-0.15, -0.1) is 0 Å². The summed E-state index contributed by atoms with van der Waals surface area (Å²) in [6, 6.07) is 16.8. The lowest BCUT2D eigenvalue weighted by Gasteiger charge is -2.37. The van der Waals surface area contributed by atoms with Gasteiger partial charge in [0.2, 0.25) is 0 Å². The molecule has 3 heteroatoms. The first kappa shape index (κ1) is 15.0. The molecular formula is C21H21NO2. The summed E-state index contributed by atoms with van der Waals surface area (Å²) in [5.41, 5.74) is 4.27. The van der Waals surface area contributed by atoms with Crippen molar-refractivity contribution in [1.29, 1.82) is 0 Å². The molecule has 0 saturated heterocycles. The number of carbonyl (C=O) groups is 1. The molecular weight excluding hydrogens is 298 g/mol.